The van der Waals surface area contributed by atoms with E-state index in [0.717, 1.165) is 36.6 Å². The summed E-state index contributed by atoms with van der Waals surface area (Å²) in [7, 11) is 5.82. The Morgan fingerprint density at radius 3 is 2.78 bits per heavy atom. The fourth-order valence-corrected chi connectivity index (χ4v) is 3.70. The van der Waals surface area contributed by atoms with Crippen molar-refractivity contribution in [1.82, 2.24) is 9.80 Å². The highest BCUT2D eigenvalue weighted by Crippen LogP contribution is 2.32. The van der Waals surface area contributed by atoms with Gasteiger partial charge in [-0.1, -0.05) is 13.0 Å². The van der Waals surface area contributed by atoms with Crippen LogP contribution in [0.4, 0.5) is 0 Å². The minimum Gasteiger partial charge on any atom is -0.497 e. The molecule has 5 nitrogen and oxygen atoms in total. The molecule has 0 aliphatic carbocycles. The smallest absolute Gasteiger partial charge is 0.229 e. The fourth-order valence-electron chi connectivity index (χ4n) is 3.70. The van der Waals surface area contributed by atoms with Crippen molar-refractivity contribution in [2.45, 2.75) is 19.4 Å². The van der Waals surface area contributed by atoms with Crippen molar-refractivity contribution in [3.8, 4) is 11.5 Å². The molecule has 0 radical (unpaired) electrons. The van der Waals surface area contributed by atoms with E-state index in [1.807, 2.05) is 23.1 Å². The molecule has 0 bridgehead atoms. The highest BCUT2D eigenvalue weighted by molar-refractivity contribution is 5.80. The van der Waals surface area contributed by atoms with Crippen molar-refractivity contribution in [3.63, 3.8) is 0 Å². The third-order valence-corrected chi connectivity index (χ3v) is 5.08. The lowest BCUT2D eigenvalue weighted by atomic mass is 9.95. The van der Waals surface area contributed by atoms with E-state index in [1.165, 1.54) is 0 Å². The standard InChI is InChI=1S/C18H26N2O3/c1-12-9-20(10-16(12)19(2)3)18(21)14-7-13-5-6-15(22-4)8-17(13)23-11-14/h5-6,8,12,14,16H,7,9-11H2,1-4H3/t12-,14-,16-/m1/s1. The summed E-state index contributed by atoms with van der Waals surface area (Å²) < 4.78 is 11.0. The second kappa shape index (κ2) is 6.40. The lowest BCUT2D eigenvalue weighted by Crippen LogP contribution is -2.41. The van der Waals surface area contributed by atoms with Gasteiger partial charge >= 0.3 is 0 Å². The molecular weight excluding hydrogens is 292 g/mol. The zero-order chi connectivity index (χ0) is 16.6. The van der Waals surface area contributed by atoms with Gasteiger partial charge in [-0.3, -0.25) is 4.79 Å². The van der Waals surface area contributed by atoms with Gasteiger partial charge in [0.05, 0.1) is 13.0 Å². The van der Waals surface area contributed by atoms with Gasteiger partial charge in [-0.2, -0.15) is 0 Å². The molecule has 0 aromatic heterocycles. The molecule has 0 N–H and O–H groups in total. The Bertz CT molecular complexity index is 588. The Labute approximate surface area is 138 Å². The Kier molecular flexibility index (Phi) is 4.48. The second-order valence-corrected chi connectivity index (χ2v) is 6.94. The molecule has 1 amide bonds. The molecule has 23 heavy (non-hydrogen) atoms. The van der Waals surface area contributed by atoms with Crippen LogP contribution in [0.5, 0.6) is 11.5 Å². The van der Waals surface area contributed by atoms with Crippen molar-refractivity contribution < 1.29 is 14.3 Å². The number of benzene rings is 1. The van der Waals surface area contributed by atoms with Crippen LogP contribution in [0.1, 0.15) is 12.5 Å². The molecule has 2 heterocycles. The molecule has 1 aromatic rings. The van der Waals surface area contributed by atoms with Crippen LogP contribution in [0.3, 0.4) is 0 Å². The molecule has 1 fully saturated rings. The third kappa shape index (κ3) is 3.15. The largest absolute Gasteiger partial charge is 0.497 e. The van der Waals surface area contributed by atoms with Gasteiger partial charge in [-0.05, 0) is 38.1 Å². The Morgan fingerprint density at radius 2 is 2.13 bits per heavy atom. The van der Waals surface area contributed by atoms with Gasteiger partial charge in [-0.25, -0.2) is 0 Å². The first-order valence-electron chi connectivity index (χ1n) is 8.24. The average Bonchev–Trinajstić information content (AvgIpc) is 2.95. The summed E-state index contributed by atoms with van der Waals surface area (Å²) >= 11 is 0. The predicted molar refractivity (Wildman–Crippen MR) is 88.9 cm³/mol. The number of fused-ring (bicyclic) bond motifs is 1. The number of nitrogens with zero attached hydrogens (tertiary/aromatic N) is 2. The molecule has 5 heteroatoms. The van der Waals surface area contributed by atoms with Gasteiger partial charge in [0.1, 0.15) is 18.1 Å². The maximum absolute atomic E-state index is 12.8. The van der Waals surface area contributed by atoms with Gasteiger partial charge in [0.2, 0.25) is 5.91 Å². The maximum Gasteiger partial charge on any atom is 0.229 e. The Balaban J connectivity index is 1.68. The average molecular weight is 318 g/mol. The predicted octanol–water partition coefficient (Wildman–Crippen LogP) is 1.65. The number of likely N-dealkylation sites (tertiary alicyclic amines) is 1. The molecule has 1 aromatic carbocycles. The first-order valence-corrected chi connectivity index (χ1v) is 8.24. The number of hydrogen-bond donors (Lipinski definition) is 0. The molecule has 0 unspecified atom stereocenters. The molecule has 2 aliphatic heterocycles. The fraction of sp³-hybridized carbons (Fsp3) is 0.611. The van der Waals surface area contributed by atoms with E-state index in [-0.39, 0.29) is 11.8 Å². The summed E-state index contributed by atoms with van der Waals surface area (Å²) in [5, 5.41) is 0. The third-order valence-electron chi connectivity index (χ3n) is 5.08. The van der Waals surface area contributed by atoms with Crippen LogP contribution in [-0.4, -0.2) is 62.7 Å². The number of hydrogen-bond acceptors (Lipinski definition) is 4. The molecule has 1 saturated heterocycles. The molecular formula is C18H26N2O3. The van der Waals surface area contributed by atoms with Crippen LogP contribution in [-0.2, 0) is 11.2 Å². The highest BCUT2D eigenvalue weighted by atomic mass is 16.5. The number of methoxy groups -OCH3 is 1. The quantitative estimate of drug-likeness (QED) is 0.850. The summed E-state index contributed by atoms with van der Waals surface area (Å²) in [5.74, 6) is 2.28. The number of ether oxygens (including phenoxy) is 2. The SMILES string of the molecule is COc1ccc2c(c1)OC[C@H](C(=O)N1C[C@@H](C)[C@H](N(C)C)C1)C2. The van der Waals surface area contributed by atoms with Gasteiger partial charge in [0, 0.05) is 25.2 Å². The molecule has 0 saturated carbocycles. The number of amides is 1. The number of carbonyl (C=O) groups excluding carboxylic acids is 1. The van der Waals surface area contributed by atoms with E-state index in [4.69, 9.17) is 9.47 Å². The van der Waals surface area contributed by atoms with Gasteiger partial charge in [0.15, 0.2) is 0 Å². The van der Waals surface area contributed by atoms with E-state index in [0.29, 0.717) is 18.6 Å². The number of likely N-dealkylation sites (N-methyl/N-ethyl adjacent to an activating group) is 1. The summed E-state index contributed by atoms with van der Waals surface area (Å²) in [4.78, 5) is 17.1. The van der Waals surface area contributed by atoms with Crippen LogP contribution in [0, 0.1) is 11.8 Å². The van der Waals surface area contributed by atoms with E-state index in [1.54, 1.807) is 7.11 Å². The van der Waals surface area contributed by atoms with E-state index >= 15 is 0 Å². The van der Waals surface area contributed by atoms with Crippen LogP contribution in [0.25, 0.3) is 0 Å². The van der Waals surface area contributed by atoms with Crippen LogP contribution in [0.2, 0.25) is 0 Å². The molecule has 2 aliphatic rings. The van der Waals surface area contributed by atoms with E-state index < -0.39 is 0 Å². The van der Waals surface area contributed by atoms with Gasteiger partial charge < -0.3 is 19.3 Å². The summed E-state index contributed by atoms with van der Waals surface area (Å²) in [6.07, 6.45) is 0.746. The van der Waals surface area contributed by atoms with Gasteiger partial charge in [-0.15, -0.1) is 0 Å². The second-order valence-electron chi connectivity index (χ2n) is 6.94. The molecule has 3 atom stereocenters. The Morgan fingerprint density at radius 1 is 1.35 bits per heavy atom. The monoisotopic (exact) mass is 318 g/mol. The molecule has 3 rings (SSSR count). The Hall–Kier alpha value is -1.75. The molecule has 0 spiro atoms. The lowest BCUT2D eigenvalue weighted by Gasteiger charge is -2.28. The zero-order valence-corrected chi connectivity index (χ0v) is 14.4. The van der Waals surface area contributed by atoms with Crippen LogP contribution in [0.15, 0.2) is 18.2 Å². The van der Waals surface area contributed by atoms with E-state index in [9.17, 15) is 4.79 Å². The van der Waals surface area contributed by atoms with Crippen molar-refractivity contribution >= 4 is 5.91 Å². The van der Waals surface area contributed by atoms with Gasteiger partial charge in [0.25, 0.3) is 0 Å². The van der Waals surface area contributed by atoms with Crippen LogP contribution < -0.4 is 9.47 Å². The van der Waals surface area contributed by atoms with E-state index in [2.05, 4.69) is 25.9 Å². The first kappa shape index (κ1) is 16.1. The maximum atomic E-state index is 12.8. The normalized spacial score (nSPS) is 26.8. The minimum atomic E-state index is -0.0796. The van der Waals surface area contributed by atoms with Crippen LogP contribution >= 0.6 is 0 Å². The number of rotatable bonds is 3. The zero-order valence-electron chi connectivity index (χ0n) is 14.4. The highest BCUT2D eigenvalue weighted by Gasteiger charge is 2.37. The number of carbonyl (C=O) groups is 1. The summed E-state index contributed by atoms with van der Waals surface area (Å²) in [6, 6.07) is 6.27. The summed E-state index contributed by atoms with van der Waals surface area (Å²) in [6.45, 7) is 4.33. The van der Waals surface area contributed by atoms with Crippen molar-refractivity contribution in [2.24, 2.45) is 11.8 Å². The molecule has 126 valence electrons. The first-order chi connectivity index (χ1) is 11.0. The van der Waals surface area contributed by atoms with Crippen molar-refractivity contribution in [1.29, 1.82) is 0 Å². The topological polar surface area (TPSA) is 42.0 Å². The van der Waals surface area contributed by atoms with Crippen molar-refractivity contribution in [3.05, 3.63) is 23.8 Å². The van der Waals surface area contributed by atoms with Crippen molar-refractivity contribution in [2.75, 3.05) is 40.9 Å². The summed E-state index contributed by atoms with van der Waals surface area (Å²) in [5.41, 5.74) is 1.09. The minimum absolute atomic E-state index is 0.0796. The lowest BCUT2D eigenvalue weighted by molar-refractivity contribution is -0.136.